The Morgan fingerprint density at radius 2 is 1.96 bits per heavy atom. The Labute approximate surface area is 132 Å². The molecule has 2 N–H and O–H groups in total. The van der Waals surface area contributed by atoms with Gasteiger partial charge in [0.15, 0.2) is 0 Å². The molecule has 0 amide bonds. The molecule has 23 heavy (non-hydrogen) atoms. The molecule has 0 spiro atoms. The molecule has 0 saturated carbocycles. The lowest BCUT2D eigenvalue weighted by Gasteiger charge is -2.01. The van der Waals surface area contributed by atoms with Gasteiger partial charge < -0.3 is 9.15 Å². The lowest BCUT2D eigenvalue weighted by Crippen LogP contribution is -2.01. The molecule has 1 heterocycles. The van der Waals surface area contributed by atoms with E-state index in [2.05, 4.69) is 15.2 Å². The lowest BCUT2D eigenvalue weighted by molar-refractivity contribution is 0.240. The molecule has 116 valence electrons. The number of hydrogen-bond acceptors (Lipinski definition) is 6. The van der Waals surface area contributed by atoms with E-state index in [1.165, 1.54) is 0 Å². The fraction of sp³-hybridized carbons (Fsp3) is 0.0625. The fourth-order valence-corrected chi connectivity index (χ4v) is 2.07. The zero-order chi connectivity index (χ0) is 16.1. The van der Waals surface area contributed by atoms with Crippen LogP contribution in [-0.2, 0) is 0 Å². The van der Waals surface area contributed by atoms with Crippen molar-refractivity contribution in [2.45, 2.75) is 0 Å². The van der Waals surface area contributed by atoms with E-state index in [9.17, 15) is 0 Å². The van der Waals surface area contributed by atoms with Crippen molar-refractivity contribution in [3.05, 3.63) is 48.5 Å². The highest BCUT2D eigenvalue weighted by Crippen LogP contribution is 2.31. The molecule has 0 aliphatic carbocycles. The smallest absolute Gasteiger partial charge is 0.250 e. The molecule has 0 fully saturated rings. The molecule has 0 atom stereocenters. The maximum atomic E-state index is 8.63. The summed E-state index contributed by atoms with van der Waals surface area (Å²) in [6.07, 6.45) is 1.16. The summed E-state index contributed by atoms with van der Waals surface area (Å²) in [4.78, 5) is 4.08. The first kappa shape index (κ1) is 14.7. The molecule has 0 saturated heterocycles. The Morgan fingerprint density at radius 3 is 2.78 bits per heavy atom. The summed E-state index contributed by atoms with van der Waals surface area (Å²) < 4.78 is 10.9. The van der Waals surface area contributed by atoms with Gasteiger partial charge in [0.2, 0.25) is 11.8 Å². The first-order valence-electron chi connectivity index (χ1n) is 6.81. The Morgan fingerprint density at radius 1 is 1.13 bits per heavy atom. The van der Waals surface area contributed by atoms with Gasteiger partial charge in [-0.1, -0.05) is 18.2 Å². The summed E-state index contributed by atoms with van der Waals surface area (Å²) >= 11 is 0. The minimum Gasteiger partial charge on any atom is -0.497 e. The zero-order valence-electron chi connectivity index (χ0n) is 12.3. The quantitative estimate of drug-likeness (QED) is 0.427. The van der Waals surface area contributed by atoms with Gasteiger partial charge in [-0.25, -0.2) is 4.99 Å². The van der Waals surface area contributed by atoms with E-state index in [-0.39, 0.29) is 0 Å². The molecular weight excluding hydrogens is 296 g/mol. The van der Waals surface area contributed by atoms with Gasteiger partial charge in [-0.3, -0.25) is 10.7 Å². The van der Waals surface area contributed by atoms with Crippen molar-refractivity contribution in [1.29, 1.82) is 0 Å². The van der Waals surface area contributed by atoms with E-state index in [1.807, 2.05) is 47.9 Å². The van der Waals surface area contributed by atoms with Crippen LogP contribution in [0.5, 0.6) is 5.75 Å². The van der Waals surface area contributed by atoms with Gasteiger partial charge in [-0.05, 0) is 30.3 Å². The molecule has 7 heteroatoms. The first-order valence-corrected chi connectivity index (χ1v) is 6.81. The summed E-state index contributed by atoms with van der Waals surface area (Å²) in [6, 6.07) is 14.6. The van der Waals surface area contributed by atoms with E-state index in [0.717, 1.165) is 11.9 Å². The second-order valence-electron chi connectivity index (χ2n) is 4.55. The maximum absolute atomic E-state index is 8.63. The largest absolute Gasteiger partial charge is 0.497 e. The molecule has 2 aromatic carbocycles. The normalized spacial score (nSPS) is 10.9. The Hall–Kier alpha value is -3.19. The Kier molecular flexibility index (Phi) is 4.30. The van der Waals surface area contributed by atoms with Gasteiger partial charge in [0, 0.05) is 5.56 Å². The number of hydrogen-bond donors (Lipinski definition) is 2. The van der Waals surface area contributed by atoms with Crippen LogP contribution in [0.3, 0.4) is 0 Å². The van der Waals surface area contributed by atoms with Crippen molar-refractivity contribution >= 4 is 12.0 Å². The summed E-state index contributed by atoms with van der Waals surface area (Å²) in [5.74, 6) is 1.44. The van der Waals surface area contributed by atoms with E-state index in [0.29, 0.717) is 28.8 Å². The summed E-state index contributed by atoms with van der Waals surface area (Å²) in [5.41, 5.74) is 3.89. The molecule has 1 aromatic heterocycles. The number of aliphatic imine (C=N–C) groups is 1. The predicted octanol–water partition coefficient (Wildman–Crippen LogP) is 3.05. The summed E-state index contributed by atoms with van der Waals surface area (Å²) in [7, 11) is 1.60. The molecule has 0 radical (unpaired) electrons. The van der Waals surface area contributed by atoms with Crippen LogP contribution in [0, 0.1) is 0 Å². The molecule has 3 rings (SSSR count). The number of rotatable bonds is 5. The van der Waals surface area contributed by atoms with Crippen LogP contribution >= 0.6 is 0 Å². The van der Waals surface area contributed by atoms with E-state index in [4.69, 9.17) is 14.4 Å². The second-order valence-corrected chi connectivity index (χ2v) is 4.55. The fourth-order valence-electron chi connectivity index (χ4n) is 2.07. The van der Waals surface area contributed by atoms with Crippen molar-refractivity contribution in [3.63, 3.8) is 0 Å². The van der Waals surface area contributed by atoms with Crippen LogP contribution in [0.1, 0.15) is 0 Å². The highest BCUT2D eigenvalue weighted by atomic mass is 16.5. The van der Waals surface area contributed by atoms with Gasteiger partial charge >= 0.3 is 0 Å². The third-order valence-electron chi connectivity index (χ3n) is 3.14. The van der Waals surface area contributed by atoms with Gasteiger partial charge in [-0.15, -0.1) is 10.2 Å². The van der Waals surface area contributed by atoms with E-state index >= 15 is 0 Å². The molecule has 0 unspecified atom stereocenters. The first-order chi connectivity index (χ1) is 11.3. The highest BCUT2D eigenvalue weighted by Gasteiger charge is 2.13. The van der Waals surface area contributed by atoms with Crippen molar-refractivity contribution < 1.29 is 14.4 Å². The van der Waals surface area contributed by atoms with Crippen molar-refractivity contribution in [3.8, 4) is 28.7 Å². The molecule has 7 nitrogen and oxygen atoms in total. The highest BCUT2D eigenvalue weighted by molar-refractivity contribution is 5.74. The van der Waals surface area contributed by atoms with E-state index in [1.54, 1.807) is 13.2 Å². The molecular formula is C16H14N4O3. The van der Waals surface area contributed by atoms with Crippen LogP contribution in [0.25, 0.3) is 22.9 Å². The summed E-state index contributed by atoms with van der Waals surface area (Å²) in [6.45, 7) is 0. The van der Waals surface area contributed by atoms with Crippen LogP contribution in [-0.4, -0.2) is 28.9 Å². The minimum atomic E-state index is 0.341. The van der Waals surface area contributed by atoms with Crippen LogP contribution in [0.15, 0.2) is 57.9 Å². The second kappa shape index (κ2) is 6.71. The minimum absolute atomic E-state index is 0.341. The lowest BCUT2D eigenvalue weighted by atomic mass is 10.2. The number of nitrogens with one attached hydrogen (secondary N) is 1. The number of ether oxygens (including phenoxy) is 1. The monoisotopic (exact) mass is 310 g/mol. The van der Waals surface area contributed by atoms with Crippen LogP contribution in [0.4, 0.5) is 5.69 Å². The number of aromatic nitrogens is 2. The van der Waals surface area contributed by atoms with Crippen molar-refractivity contribution in [2.75, 3.05) is 7.11 Å². The Bertz CT molecular complexity index is 829. The van der Waals surface area contributed by atoms with Crippen LogP contribution < -0.4 is 10.2 Å². The SMILES string of the molecule is COc1cccc(-c2nnc(-c3ccccc3N=CNO)o2)c1. The Balaban J connectivity index is 1.98. The van der Waals surface area contributed by atoms with Gasteiger partial charge in [0.05, 0.1) is 18.4 Å². The zero-order valence-corrected chi connectivity index (χ0v) is 12.3. The molecule has 0 bridgehead atoms. The third kappa shape index (κ3) is 3.19. The van der Waals surface area contributed by atoms with Crippen LogP contribution in [0.2, 0.25) is 0 Å². The average Bonchev–Trinajstić information content (AvgIpc) is 3.10. The van der Waals surface area contributed by atoms with Gasteiger partial charge in [0.1, 0.15) is 12.1 Å². The predicted molar refractivity (Wildman–Crippen MR) is 84.8 cm³/mol. The molecule has 0 aliphatic rings. The molecule has 0 aliphatic heterocycles. The van der Waals surface area contributed by atoms with Gasteiger partial charge in [-0.2, -0.15) is 0 Å². The average molecular weight is 310 g/mol. The number of methoxy groups -OCH3 is 1. The number of para-hydroxylation sites is 1. The standard InChI is InChI=1S/C16H14N4O3/c1-22-12-6-4-5-11(9-12)15-19-20-16(23-15)13-7-2-3-8-14(13)17-10-18-21/h2-10,21H,1H3,(H,17,18). The van der Waals surface area contributed by atoms with Crippen molar-refractivity contribution in [2.24, 2.45) is 4.99 Å². The maximum Gasteiger partial charge on any atom is 0.250 e. The molecule has 3 aromatic rings. The number of benzene rings is 2. The van der Waals surface area contributed by atoms with E-state index < -0.39 is 0 Å². The van der Waals surface area contributed by atoms with Gasteiger partial charge in [0.25, 0.3) is 0 Å². The third-order valence-corrected chi connectivity index (χ3v) is 3.14. The number of nitrogens with zero attached hydrogens (tertiary/aromatic N) is 3. The number of hydroxylamine groups is 1. The van der Waals surface area contributed by atoms with Crippen molar-refractivity contribution in [1.82, 2.24) is 15.7 Å². The summed E-state index contributed by atoms with van der Waals surface area (Å²) in [5, 5.41) is 16.8. The topological polar surface area (TPSA) is 92.8 Å².